The Bertz CT molecular complexity index is 508. The average molecular weight is 289 g/mol. The summed E-state index contributed by atoms with van der Waals surface area (Å²) >= 11 is 0. The number of nitrogens with one attached hydrogen (secondary N) is 2. The first-order chi connectivity index (χ1) is 10.1. The summed E-state index contributed by atoms with van der Waals surface area (Å²) in [7, 11) is 2.08. The van der Waals surface area contributed by atoms with Gasteiger partial charge in [-0.05, 0) is 51.5 Å². The fourth-order valence-electron chi connectivity index (χ4n) is 2.52. The van der Waals surface area contributed by atoms with Crippen molar-refractivity contribution in [3.05, 3.63) is 35.4 Å². The minimum absolute atomic E-state index is 0.0273. The van der Waals surface area contributed by atoms with Gasteiger partial charge in [0.05, 0.1) is 6.54 Å². The zero-order valence-electron chi connectivity index (χ0n) is 12.7. The first-order valence-corrected chi connectivity index (χ1v) is 7.38. The highest BCUT2D eigenvalue weighted by molar-refractivity contribution is 5.97. The van der Waals surface area contributed by atoms with Gasteiger partial charge >= 0.3 is 0 Å². The molecule has 1 heterocycles. The predicted molar refractivity (Wildman–Crippen MR) is 82.2 cm³/mol. The molecule has 0 aromatic heterocycles. The van der Waals surface area contributed by atoms with E-state index in [1.54, 1.807) is 6.07 Å². The van der Waals surface area contributed by atoms with Crippen molar-refractivity contribution >= 4 is 11.8 Å². The van der Waals surface area contributed by atoms with E-state index in [4.69, 9.17) is 0 Å². The van der Waals surface area contributed by atoms with Gasteiger partial charge in [-0.15, -0.1) is 0 Å². The van der Waals surface area contributed by atoms with Crippen molar-refractivity contribution in [2.45, 2.75) is 25.8 Å². The van der Waals surface area contributed by atoms with Crippen LogP contribution in [0, 0.1) is 6.92 Å². The van der Waals surface area contributed by atoms with Crippen LogP contribution >= 0.6 is 0 Å². The minimum Gasteiger partial charge on any atom is -0.352 e. The van der Waals surface area contributed by atoms with E-state index in [9.17, 15) is 9.59 Å². The number of hydrogen-bond acceptors (Lipinski definition) is 3. The number of carbonyl (C=O) groups excluding carboxylic acids is 2. The lowest BCUT2D eigenvalue weighted by Gasteiger charge is -2.29. The number of aryl methyl sites for hydroxylation is 1. The quantitative estimate of drug-likeness (QED) is 0.867. The van der Waals surface area contributed by atoms with E-state index < -0.39 is 0 Å². The van der Waals surface area contributed by atoms with Crippen LogP contribution < -0.4 is 10.6 Å². The number of hydrogen-bond donors (Lipinski definition) is 2. The van der Waals surface area contributed by atoms with Gasteiger partial charge < -0.3 is 15.5 Å². The molecule has 0 saturated carbocycles. The van der Waals surface area contributed by atoms with Crippen LogP contribution in [0.15, 0.2) is 24.3 Å². The molecule has 0 bridgehead atoms. The number of nitrogens with zero attached hydrogens (tertiary/aromatic N) is 1. The smallest absolute Gasteiger partial charge is 0.251 e. The highest BCUT2D eigenvalue weighted by atomic mass is 16.2. The van der Waals surface area contributed by atoms with Gasteiger partial charge in [-0.1, -0.05) is 18.2 Å². The zero-order chi connectivity index (χ0) is 15.2. The highest BCUT2D eigenvalue weighted by Gasteiger charge is 2.18. The lowest BCUT2D eigenvalue weighted by atomic mass is 10.1. The van der Waals surface area contributed by atoms with E-state index in [2.05, 4.69) is 22.6 Å². The van der Waals surface area contributed by atoms with E-state index in [0.717, 1.165) is 31.5 Å². The van der Waals surface area contributed by atoms with Crippen LogP contribution in [0.25, 0.3) is 0 Å². The molecular formula is C16H23N3O2. The maximum atomic E-state index is 12.0. The fourth-order valence-corrected chi connectivity index (χ4v) is 2.52. The second kappa shape index (κ2) is 7.22. The van der Waals surface area contributed by atoms with Crippen LogP contribution in [0.2, 0.25) is 0 Å². The van der Waals surface area contributed by atoms with Crippen molar-refractivity contribution in [1.82, 2.24) is 15.5 Å². The number of piperidine rings is 1. The van der Waals surface area contributed by atoms with Crippen LogP contribution in [0.5, 0.6) is 0 Å². The molecular weight excluding hydrogens is 266 g/mol. The standard InChI is InChI=1S/C16H23N3O2/c1-12-5-3-4-6-14(12)16(21)17-11-15(20)18-13-7-9-19(2)10-8-13/h3-6,13H,7-11H2,1-2H3,(H,17,21)(H,18,20). The van der Waals surface area contributed by atoms with Gasteiger partial charge in [-0.3, -0.25) is 9.59 Å². The molecule has 1 fully saturated rings. The molecule has 1 aromatic rings. The van der Waals surface area contributed by atoms with Gasteiger partial charge in [-0.25, -0.2) is 0 Å². The zero-order valence-corrected chi connectivity index (χ0v) is 12.7. The van der Waals surface area contributed by atoms with Gasteiger partial charge in [0.25, 0.3) is 5.91 Å². The predicted octanol–water partition coefficient (Wildman–Crippen LogP) is 0.935. The first-order valence-electron chi connectivity index (χ1n) is 7.38. The summed E-state index contributed by atoms with van der Waals surface area (Å²) in [6, 6.07) is 7.58. The minimum atomic E-state index is -0.202. The van der Waals surface area contributed by atoms with Crippen molar-refractivity contribution < 1.29 is 9.59 Å². The average Bonchev–Trinajstić information content (AvgIpc) is 2.48. The van der Waals surface area contributed by atoms with Crippen molar-refractivity contribution in [3.63, 3.8) is 0 Å². The molecule has 0 radical (unpaired) electrons. The molecule has 5 heteroatoms. The summed E-state index contributed by atoms with van der Waals surface area (Å²) in [5.74, 6) is -0.321. The summed E-state index contributed by atoms with van der Waals surface area (Å²) in [5.41, 5.74) is 1.52. The molecule has 1 aliphatic rings. The number of benzene rings is 1. The Labute approximate surface area is 125 Å². The van der Waals surface area contributed by atoms with E-state index in [0.29, 0.717) is 5.56 Å². The van der Waals surface area contributed by atoms with Gasteiger partial charge in [0, 0.05) is 11.6 Å². The number of likely N-dealkylation sites (tertiary alicyclic amines) is 1. The van der Waals surface area contributed by atoms with Crippen LogP contribution in [0.1, 0.15) is 28.8 Å². The van der Waals surface area contributed by atoms with Gasteiger partial charge in [0.2, 0.25) is 5.91 Å². The summed E-state index contributed by atoms with van der Waals surface area (Å²) in [5, 5.41) is 5.66. The molecule has 0 aliphatic carbocycles. The van der Waals surface area contributed by atoms with Gasteiger partial charge in [0.1, 0.15) is 0 Å². The Morgan fingerprint density at radius 3 is 2.57 bits per heavy atom. The monoisotopic (exact) mass is 289 g/mol. The molecule has 2 rings (SSSR count). The van der Waals surface area contributed by atoms with Crippen LogP contribution in [0.3, 0.4) is 0 Å². The van der Waals surface area contributed by atoms with E-state index in [1.807, 2.05) is 25.1 Å². The Morgan fingerprint density at radius 2 is 1.90 bits per heavy atom. The molecule has 2 N–H and O–H groups in total. The van der Waals surface area contributed by atoms with Crippen LogP contribution in [-0.4, -0.2) is 49.4 Å². The van der Waals surface area contributed by atoms with E-state index in [1.165, 1.54) is 0 Å². The van der Waals surface area contributed by atoms with Crippen LogP contribution in [-0.2, 0) is 4.79 Å². The van der Waals surface area contributed by atoms with Gasteiger partial charge in [-0.2, -0.15) is 0 Å². The molecule has 0 atom stereocenters. The molecule has 0 unspecified atom stereocenters. The fraction of sp³-hybridized carbons (Fsp3) is 0.500. The molecule has 21 heavy (non-hydrogen) atoms. The van der Waals surface area contributed by atoms with Crippen molar-refractivity contribution in [1.29, 1.82) is 0 Å². The largest absolute Gasteiger partial charge is 0.352 e. The molecule has 1 aliphatic heterocycles. The first kappa shape index (κ1) is 15.5. The normalized spacial score (nSPS) is 16.5. The Kier molecular flexibility index (Phi) is 5.33. The van der Waals surface area contributed by atoms with Crippen molar-refractivity contribution in [2.75, 3.05) is 26.7 Å². The van der Waals surface area contributed by atoms with Crippen LogP contribution in [0.4, 0.5) is 0 Å². The van der Waals surface area contributed by atoms with E-state index >= 15 is 0 Å². The summed E-state index contributed by atoms with van der Waals surface area (Å²) < 4.78 is 0. The molecule has 2 amide bonds. The SMILES string of the molecule is Cc1ccccc1C(=O)NCC(=O)NC1CCN(C)CC1. The lowest BCUT2D eigenvalue weighted by molar-refractivity contribution is -0.121. The topological polar surface area (TPSA) is 61.4 Å². The third kappa shape index (κ3) is 4.56. The second-order valence-corrected chi connectivity index (χ2v) is 5.64. The van der Waals surface area contributed by atoms with E-state index in [-0.39, 0.29) is 24.4 Å². The molecule has 5 nitrogen and oxygen atoms in total. The number of carbonyl (C=O) groups is 2. The highest BCUT2D eigenvalue weighted by Crippen LogP contribution is 2.08. The summed E-state index contributed by atoms with van der Waals surface area (Å²) in [6.45, 7) is 3.91. The third-order valence-corrected chi connectivity index (χ3v) is 3.88. The Hall–Kier alpha value is -1.88. The molecule has 1 aromatic carbocycles. The Morgan fingerprint density at radius 1 is 1.24 bits per heavy atom. The summed E-state index contributed by atoms with van der Waals surface area (Å²) in [4.78, 5) is 26.1. The maximum absolute atomic E-state index is 12.0. The molecule has 114 valence electrons. The van der Waals surface area contributed by atoms with Crippen molar-refractivity contribution in [2.24, 2.45) is 0 Å². The number of rotatable bonds is 4. The Balaban J connectivity index is 1.76. The van der Waals surface area contributed by atoms with Gasteiger partial charge in [0.15, 0.2) is 0 Å². The molecule has 1 saturated heterocycles. The lowest BCUT2D eigenvalue weighted by Crippen LogP contribution is -2.46. The van der Waals surface area contributed by atoms with Crippen molar-refractivity contribution in [3.8, 4) is 0 Å². The maximum Gasteiger partial charge on any atom is 0.251 e. The second-order valence-electron chi connectivity index (χ2n) is 5.64. The number of amides is 2. The third-order valence-electron chi connectivity index (χ3n) is 3.88. The summed E-state index contributed by atoms with van der Waals surface area (Å²) in [6.07, 6.45) is 1.93. The molecule has 0 spiro atoms.